The maximum Gasteiger partial charge on any atom is 0.322 e. The van der Waals surface area contributed by atoms with Crippen LogP contribution in [-0.4, -0.2) is 51.8 Å². The first kappa shape index (κ1) is 14.7. The molecule has 1 saturated heterocycles. The van der Waals surface area contributed by atoms with Crippen molar-refractivity contribution in [2.45, 2.75) is 19.4 Å². The Kier molecular flexibility index (Phi) is 4.21. The number of anilines is 1. The van der Waals surface area contributed by atoms with Crippen molar-refractivity contribution in [3.05, 3.63) is 18.4 Å². The number of rotatable bonds is 5. The number of aliphatic hydroxyl groups excluding tert-OH is 1. The van der Waals surface area contributed by atoms with Crippen molar-refractivity contribution >= 4 is 11.9 Å². The predicted octanol–water partition coefficient (Wildman–Crippen LogP) is 0.971. The Balaban J connectivity index is 1.52. The van der Waals surface area contributed by atoms with Gasteiger partial charge in [-0.05, 0) is 37.9 Å². The summed E-state index contributed by atoms with van der Waals surface area (Å²) in [6.45, 7) is 3.53. The third-order valence-corrected chi connectivity index (χ3v) is 3.76. The van der Waals surface area contributed by atoms with Crippen molar-refractivity contribution < 1.29 is 18.7 Å². The minimum atomic E-state index is -0.347. The molecule has 3 heterocycles. The molecule has 8 nitrogen and oxygen atoms in total. The van der Waals surface area contributed by atoms with Gasteiger partial charge in [0, 0.05) is 6.54 Å². The van der Waals surface area contributed by atoms with Crippen molar-refractivity contribution in [2.75, 3.05) is 25.0 Å². The van der Waals surface area contributed by atoms with Crippen LogP contribution in [0.2, 0.25) is 0 Å². The first-order chi connectivity index (χ1) is 10.6. The Morgan fingerprint density at radius 2 is 2.45 bits per heavy atom. The Bertz CT molecular complexity index is 623. The van der Waals surface area contributed by atoms with E-state index in [0.717, 1.165) is 13.0 Å². The average molecular weight is 306 g/mol. The van der Waals surface area contributed by atoms with E-state index in [4.69, 9.17) is 8.83 Å². The molecule has 2 aromatic heterocycles. The number of nitrogens with zero attached hydrogens (tertiary/aromatic N) is 3. The van der Waals surface area contributed by atoms with Gasteiger partial charge >= 0.3 is 6.01 Å². The number of carbonyl (C=O) groups excluding carboxylic acids is 1. The van der Waals surface area contributed by atoms with Crippen molar-refractivity contribution in [1.29, 1.82) is 0 Å². The van der Waals surface area contributed by atoms with Crippen LogP contribution < -0.4 is 5.32 Å². The average Bonchev–Trinajstić information content (AvgIpc) is 3.18. The topological polar surface area (TPSA) is 105 Å². The molecule has 0 saturated carbocycles. The van der Waals surface area contributed by atoms with Gasteiger partial charge in [-0.3, -0.25) is 15.0 Å². The Morgan fingerprint density at radius 1 is 1.59 bits per heavy atom. The molecule has 0 radical (unpaired) electrons. The molecule has 0 aromatic carbocycles. The third-order valence-electron chi connectivity index (χ3n) is 3.76. The van der Waals surface area contributed by atoms with E-state index >= 15 is 0 Å². The molecule has 22 heavy (non-hydrogen) atoms. The predicted molar refractivity (Wildman–Crippen MR) is 76.9 cm³/mol. The first-order valence-electron chi connectivity index (χ1n) is 7.19. The first-order valence-corrected chi connectivity index (χ1v) is 7.19. The fourth-order valence-electron chi connectivity index (χ4n) is 2.54. The second-order valence-corrected chi connectivity index (χ2v) is 5.46. The summed E-state index contributed by atoms with van der Waals surface area (Å²) in [6, 6.07) is 3.45. The highest BCUT2D eigenvalue weighted by Crippen LogP contribution is 2.21. The SMILES string of the molecule is CC(O)C1CCN(CC(=O)Nc2nnc(-c3ccco3)o2)C1. The molecule has 2 unspecified atom stereocenters. The van der Waals surface area contributed by atoms with Gasteiger partial charge in [0.25, 0.3) is 5.89 Å². The molecule has 2 N–H and O–H groups in total. The van der Waals surface area contributed by atoms with E-state index in [1.807, 2.05) is 4.90 Å². The molecule has 1 fully saturated rings. The second-order valence-electron chi connectivity index (χ2n) is 5.46. The van der Waals surface area contributed by atoms with Gasteiger partial charge in [-0.2, -0.15) is 0 Å². The smallest absolute Gasteiger partial charge is 0.322 e. The molecule has 2 atom stereocenters. The van der Waals surface area contributed by atoms with Gasteiger partial charge < -0.3 is 13.9 Å². The van der Waals surface area contributed by atoms with Crippen molar-refractivity contribution in [2.24, 2.45) is 5.92 Å². The second kappa shape index (κ2) is 6.29. The maximum atomic E-state index is 12.0. The number of likely N-dealkylation sites (tertiary alicyclic amines) is 1. The summed E-state index contributed by atoms with van der Waals surface area (Å²) in [5.74, 6) is 0.672. The summed E-state index contributed by atoms with van der Waals surface area (Å²) in [4.78, 5) is 14.0. The van der Waals surface area contributed by atoms with Crippen LogP contribution in [-0.2, 0) is 4.79 Å². The highest BCUT2D eigenvalue weighted by molar-refractivity contribution is 5.90. The van der Waals surface area contributed by atoms with Crippen LogP contribution in [0.15, 0.2) is 27.2 Å². The normalized spacial score (nSPS) is 20.2. The van der Waals surface area contributed by atoms with Gasteiger partial charge in [0.05, 0.1) is 18.9 Å². The number of amides is 1. The lowest BCUT2D eigenvalue weighted by atomic mass is 10.0. The lowest BCUT2D eigenvalue weighted by Crippen LogP contribution is -2.32. The lowest BCUT2D eigenvalue weighted by Gasteiger charge is -2.16. The van der Waals surface area contributed by atoms with Gasteiger partial charge in [0.2, 0.25) is 5.91 Å². The van der Waals surface area contributed by atoms with Crippen LogP contribution in [0.25, 0.3) is 11.7 Å². The van der Waals surface area contributed by atoms with Gasteiger partial charge in [-0.25, -0.2) is 0 Å². The zero-order valence-electron chi connectivity index (χ0n) is 12.2. The molecular formula is C14H18N4O4. The number of hydrogen-bond acceptors (Lipinski definition) is 7. The molecule has 1 amide bonds. The standard InChI is InChI=1S/C14H18N4O4/c1-9(19)10-4-5-18(7-10)8-12(20)15-14-17-16-13(22-14)11-3-2-6-21-11/h2-3,6,9-10,19H,4-5,7-8H2,1H3,(H,15,17,20). The van der Waals surface area contributed by atoms with E-state index in [0.29, 0.717) is 12.3 Å². The fraction of sp³-hybridized carbons (Fsp3) is 0.500. The molecule has 0 bridgehead atoms. The summed E-state index contributed by atoms with van der Waals surface area (Å²) in [7, 11) is 0. The molecule has 0 aliphatic carbocycles. The zero-order valence-corrected chi connectivity index (χ0v) is 12.2. The molecule has 1 aliphatic heterocycles. The molecule has 118 valence electrons. The molecule has 1 aliphatic rings. The van der Waals surface area contributed by atoms with E-state index in [-0.39, 0.29) is 36.4 Å². The van der Waals surface area contributed by atoms with E-state index < -0.39 is 0 Å². The minimum Gasteiger partial charge on any atom is -0.459 e. The molecule has 0 spiro atoms. The monoisotopic (exact) mass is 306 g/mol. The number of nitrogens with one attached hydrogen (secondary N) is 1. The number of hydrogen-bond donors (Lipinski definition) is 2. The lowest BCUT2D eigenvalue weighted by molar-refractivity contribution is -0.117. The molecule has 8 heteroatoms. The van der Waals surface area contributed by atoms with Crippen LogP contribution >= 0.6 is 0 Å². The largest absolute Gasteiger partial charge is 0.459 e. The Morgan fingerprint density at radius 3 is 3.14 bits per heavy atom. The Hall–Kier alpha value is -2.19. The number of furan rings is 1. The van der Waals surface area contributed by atoms with Crippen molar-refractivity contribution in [1.82, 2.24) is 15.1 Å². The quantitative estimate of drug-likeness (QED) is 0.848. The summed E-state index contributed by atoms with van der Waals surface area (Å²) in [5, 5.41) is 19.7. The van der Waals surface area contributed by atoms with E-state index in [1.165, 1.54) is 6.26 Å². The summed E-state index contributed by atoms with van der Waals surface area (Å²) >= 11 is 0. The maximum absolute atomic E-state index is 12.0. The van der Waals surface area contributed by atoms with Crippen molar-refractivity contribution in [3.63, 3.8) is 0 Å². The molecule has 2 aromatic rings. The van der Waals surface area contributed by atoms with Gasteiger partial charge in [-0.15, -0.1) is 5.10 Å². The van der Waals surface area contributed by atoms with Gasteiger partial charge in [0.15, 0.2) is 5.76 Å². The van der Waals surface area contributed by atoms with Crippen LogP contribution in [0.1, 0.15) is 13.3 Å². The van der Waals surface area contributed by atoms with Gasteiger partial charge in [0.1, 0.15) is 0 Å². The minimum absolute atomic E-state index is 0.0441. The van der Waals surface area contributed by atoms with Crippen molar-refractivity contribution in [3.8, 4) is 11.7 Å². The van der Waals surface area contributed by atoms with E-state index in [1.54, 1.807) is 19.1 Å². The van der Waals surface area contributed by atoms with E-state index in [9.17, 15) is 9.90 Å². The number of aromatic nitrogens is 2. The van der Waals surface area contributed by atoms with Crippen LogP contribution in [0.3, 0.4) is 0 Å². The van der Waals surface area contributed by atoms with E-state index in [2.05, 4.69) is 15.5 Å². The summed E-state index contributed by atoms with van der Waals surface area (Å²) in [5.41, 5.74) is 0. The molecular weight excluding hydrogens is 288 g/mol. The highest BCUT2D eigenvalue weighted by Gasteiger charge is 2.27. The van der Waals surface area contributed by atoms with Crippen LogP contribution in [0, 0.1) is 5.92 Å². The zero-order chi connectivity index (χ0) is 15.5. The summed E-state index contributed by atoms with van der Waals surface area (Å²) < 4.78 is 10.5. The number of carbonyl (C=O) groups is 1. The van der Waals surface area contributed by atoms with Gasteiger partial charge in [-0.1, -0.05) is 5.10 Å². The highest BCUT2D eigenvalue weighted by atomic mass is 16.4. The Labute approximate surface area is 127 Å². The fourth-order valence-corrected chi connectivity index (χ4v) is 2.54. The molecule has 3 rings (SSSR count). The number of aliphatic hydroxyl groups is 1. The van der Waals surface area contributed by atoms with Crippen LogP contribution in [0.4, 0.5) is 6.01 Å². The van der Waals surface area contributed by atoms with Crippen LogP contribution in [0.5, 0.6) is 0 Å². The third kappa shape index (κ3) is 3.34. The summed E-state index contributed by atoms with van der Waals surface area (Å²) in [6.07, 6.45) is 2.05.